The highest BCUT2D eigenvalue weighted by molar-refractivity contribution is 7.91. The lowest BCUT2D eigenvalue weighted by atomic mass is 9.67. The Labute approximate surface area is 146 Å². The number of thiophene rings is 1. The quantitative estimate of drug-likeness (QED) is 0.912. The van der Waals surface area contributed by atoms with E-state index in [0.29, 0.717) is 23.7 Å². The molecule has 0 unspecified atom stereocenters. The first-order valence-electron chi connectivity index (χ1n) is 8.33. The lowest BCUT2D eigenvalue weighted by molar-refractivity contribution is -0.0640. The van der Waals surface area contributed by atoms with Crippen molar-refractivity contribution in [3.05, 3.63) is 53.4 Å². The van der Waals surface area contributed by atoms with Crippen molar-refractivity contribution < 1.29 is 13.5 Å². The molecule has 1 aliphatic heterocycles. The van der Waals surface area contributed by atoms with E-state index in [9.17, 15) is 13.5 Å². The van der Waals surface area contributed by atoms with Crippen LogP contribution in [0.4, 0.5) is 0 Å². The lowest BCUT2D eigenvalue weighted by Gasteiger charge is -2.41. The normalized spacial score (nSPS) is 31.0. The number of sulfonamides is 1. The van der Waals surface area contributed by atoms with Gasteiger partial charge in [-0.05, 0) is 42.2 Å². The summed E-state index contributed by atoms with van der Waals surface area (Å²) in [5, 5.41) is 13.2. The van der Waals surface area contributed by atoms with Crippen LogP contribution in [0.5, 0.6) is 0 Å². The molecule has 0 bridgehead atoms. The first kappa shape index (κ1) is 16.3. The molecule has 1 aromatic heterocycles. The third-order valence-corrected chi connectivity index (χ3v) is 8.72. The SMILES string of the molecule is O=S(=O)(c1cccs1)N1C[C@H]2CCC[C@](O)(c3ccccc3)[C@H]2C1. The molecule has 1 aliphatic carbocycles. The third-order valence-electron chi connectivity index (χ3n) is 5.52. The van der Waals surface area contributed by atoms with Crippen LogP contribution in [0.3, 0.4) is 0 Å². The summed E-state index contributed by atoms with van der Waals surface area (Å²) in [5.41, 5.74) is -0.0146. The van der Waals surface area contributed by atoms with Crippen LogP contribution < -0.4 is 0 Å². The average Bonchev–Trinajstić information content (AvgIpc) is 3.26. The number of hydrogen-bond donors (Lipinski definition) is 1. The lowest BCUT2D eigenvalue weighted by Crippen LogP contribution is -2.42. The minimum atomic E-state index is -3.45. The minimum absolute atomic E-state index is 0.0385. The number of rotatable bonds is 3. The largest absolute Gasteiger partial charge is 0.385 e. The minimum Gasteiger partial charge on any atom is -0.385 e. The molecule has 1 N–H and O–H groups in total. The number of aliphatic hydroxyl groups is 1. The Balaban J connectivity index is 1.66. The zero-order chi connectivity index (χ0) is 16.8. The van der Waals surface area contributed by atoms with Gasteiger partial charge in [-0.2, -0.15) is 4.31 Å². The van der Waals surface area contributed by atoms with Crippen molar-refractivity contribution in [3.63, 3.8) is 0 Å². The van der Waals surface area contributed by atoms with Gasteiger partial charge in [0.15, 0.2) is 0 Å². The van der Waals surface area contributed by atoms with Gasteiger partial charge in [0.05, 0.1) is 5.60 Å². The average molecular weight is 364 g/mol. The predicted octanol–water partition coefficient (Wildman–Crippen LogP) is 3.06. The molecule has 1 saturated carbocycles. The van der Waals surface area contributed by atoms with E-state index in [0.717, 1.165) is 18.4 Å². The van der Waals surface area contributed by atoms with E-state index in [-0.39, 0.29) is 11.8 Å². The first-order valence-corrected chi connectivity index (χ1v) is 10.7. The third kappa shape index (κ3) is 2.52. The Morgan fingerprint density at radius 2 is 1.92 bits per heavy atom. The van der Waals surface area contributed by atoms with E-state index in [1.54, 1.807) is 21.8 Å². The molecule has 0 amide bonds. The van der Waals surface area contributed by atoms with Crippen LogP contribution in [0, 0.1) is 11.8 Å². The van der Waals surface area contributed by atoms with Gasteiger partial charge in [-0.15, -0.1) is 11.3 Å². The fraction of sp³-hybridized carbons (Fsp3) is 0.444. The van der Waals surface area contributed by atoms with Gasteiger partial charge < -0.3 is 5.11 Å². The van der Waals surface area contributed by atoms with E-state index in [1.807, 2.05) is 30.3 Å². The number of nitrogens with zero attached hydrogens (tertiary/aromatic N) is 1. The van der Waals surface area contributed by atoms with E-state index >= 15 is 0 Å². The molecule has 2 heterocycles. The van der Waals surface area contributed by atoms with Gasteiger partial charge in [0.2, 0.25) is 0 Å². The fourth-order valence-corrected chi connectivity index (χ4v) is 6.97. The second-order valence-corrected chi connectivity index (χ2v) is 9.92. The van der Waals surface area contributed by atoms with Crippen molar-refractivity contribution in [2.45, 2.75) is 29.1 Å². The van der Waals surface area contributed by atoms with Gasteiger partial charge in [0, 0.05) is 19.0 Å². The smallest absolute Gasteiger partial charge is 0.252 e. The summed E-state index contributed by atoms with van der Waals surface area (Å²) in [6, 6.07) is 13.2. The summed E-state index contributed by atoms with van der Waals surface area (Å²) in [7, 11) is -3.45. The summed E-state index contributed by atoms with van der Waals surface area (Å²) in [5.74, 6) is 0.182. The van der Waals surface area contributed by atoms with Gasteiger partial charge in [0.1, 0.15) is 4.21 Å². The van der Waals surface area contributed by atoms with Crippen LogP contribution in [0.15, 0.2) is 52.1 Å². The monoisotopic (exact) mass is 363 g/mol. The standard InChI is InChI=1S/C18H21NO3S2/c20-18(15-7-2-1-3-8-15)10-4-6-14-12-19(13-16(14)18)24(21,22)17-9-5-11-23-17/h1-3,5,7-9,11,14,16,20H,4,6,10,12-13H2/t14-,16+,18+/m1/s1. The Morgan fingerprint density at radius 3 is 2.62 bits per heavy atom. The van der Waals surface area contributed by atoms with Crippen LogP contribution in [-0.4, -0.2) is 30.9 Å². The van der Waals surface area contributed by atoms with Crippen molar-refractivity contribution in [3.8, 4) is 0 Å². The molecule has 3 atom stereocenters. The first-order chi connectivity index (χ1) is 11.5. The second-order valence-electron chi connectivity index (χ2n) is 6.80. The Bertz CT molecular complexity index is 804. The molecule has 4 nitrogen and oxygen atoms in total. The molecular formula is C18H21NO3S2. The maximum Gasteiger partial charge on any atom is 0.252 e. The fourth-order valence-electron chi connectivity index (χ4n) is 4.30. The molecule has 4 rings (SSSR count). The molecule has 2 aromatic rings. The Morgan fingerprint density at radius 1 is 1.12 bits per heavy atom. The maximum absolute atomic E-state index is 12.8. The molecular weight excluding hydrogens is 342 g/mol. The van der Waals surface area contributed by atoms with Crippen LogP contribution >= 0.6 is 11.3 Å². The highest BCUT2D eigenvalue weighted by atomic mass is 32.2. The van der Waals surface area contributed by atoms with Gasteiger partial charge in [-0.3, -0.25) is 0 Å². The zero-order valence-corrected chi connectivity index (χ0v) is 15.0. The Kier molecular flexibility index (Phi) is 4.03. The summed E-state index contributed by atoms with van der Waals surface area (Å²) in [6.07, 6.45) is 2.61. The number of fused-ring (bicyclic) bond motifs is 1. The van der Waals surface area contributed by atoms with Crippen molar-refractivity contribution in [2.24, 2.45) is 11.8 Å². The predicted molar refractivity (Wildman–Crippen MR) is 94.2 cm³/mol. The summed E-state index contributed by atoms with van der Waals surface area (Å²) >= 11 is 1.25. The molecule has 128 valence electrons. The second kappa shape index (κ2) is 5.95. The van der Waals surface area contributed by atoms with E-state index in [4.69, 9.17) is 0 Å². The van der Waals surface area contributed by atoms with Crippen LogP contribution in [0.25, 0.3) is 0 Å². The number of benzene rings is 1. The number of hydrogen-bond acceptors (Lipinski definition) is 4. The van der Waals surface area contributed by atoms with Gasteiger partial charge in [-0.25, -0.2) is 8.42 Å². The van der Waals surface area contributed by atoms with E-state index < -0.39 is 15.6 Å². The van der Waals surface area contributed by atoms with E-state index in [2.05, 4.69) is 0 Å². The van der Waals surface area contributed by atoms with Crippen molar-refractivity contribution >= 4 is 21.4 Å². The van der Waals surface area contributed by atoms with Crippen molar-refractivity contribution in [1.82, 2.24) is 4.31 Å². The van der Waals surface area contributed by atoms with Crippen LogP contribution in [0.2, 0.25) is 0 Å². The Hall–Kier alpha value is -1.21. The zero-order valence-electron chi connectivity index (χ0n) is 13.3. The van der Waals surface area contributed by atoms with Gasteiger partial charge >= 0.3 is 0 Å². The molecule has 0 radical (unpaired) electrons. The van der Waals surface area contributed by atoms with Gasteiger partial charge in [0.25, 0.3) is 10.0 Å². The molecule has 6 heteroatoms. The van der Waals surface area contributed by atoms with E-state index in [1.165, 1.54) is 11.3 Å². The maximum atomic E-state index is 12.8. The van der Waals surface area contributed by atoms with Gasteiger partial charge in [-0.1, -0.05) is 36.4 Å². The highest BCUT2D eigenvalue weighted by Crippen LogP contribution is 2.49. The topological polar surface area (TPSA) is 57.6 Å². The van der Waals surface area contributed by atoms with Crippen molar-refractivity contribution in [1.29, 1.82) is 0 Å². The molecule has 0 spiro atoms. The van der Waals surface area contributed by atoms with Crippen molar-refractivity contribution in [2.75, 3.05) is 13.1 Å². The van der Waals surface area contributed by atoms with Crippen LogP contribution in [0.1, 0.15) is 24.8 Å². The molecule has 1 aromatic carbocycles. The van der Waals surface area contributed by atoms with Crippen LogP contribution in [-0.2, 0) is 15.6 Å². The summed E-state index contributed by atoms with van der Waals surface area (Å²) < 4.78 is 27.7. The molecule has 2 fully saturated rings. The molecule has 2 aliphatic rings. The highest BCUT2D eigenvalue weighted by Gasteiger charge is 2.52. The molecule has 1 saturated heterocycles. The summed E-state index contributed by atoms with van der Waals surface area (Å²) in [4.78, 5) is 0. The molecule has 24 heavy (non-hydrogen) atoms. The summed E-state index contributed by atoms with van der Waals surface area (Å²) in [6.45, 7) is 0.913.